The Hall–Kier alpha value is -4.07. The molecule has 8 heteroatoms. The highest BCUT2D eigenvalue weighted by Gasteiger charge is 2.28. The molecule has 0 aliphatic carbocycles. The van der Waals surface area contributed by atoms with Gasteiger partial charge >= 0.3 is 11.9 Å². The van der Waals surface area contributed by atoms with Crippen LogP contribution in [0.1, 0.15) is 31.8 Å². The van der Waals surface area contributed by atoms with Crippen molar-refractivity contribution in [2.24, 2.45) is 0 Å². The third-order valence-corrected chi connectivity index (χ3v) is 4.34. The second-order valence-electron chi connectivity index (χ2n) is 6.37. The van der Waals surface area contributed by atoms with Gasteiger partial charge in [0.1, 0.15) is 29.3 Å². The van der Waals surface area contributed by atoms with Gasteiger partial charge in [0.2, 0.25) is 0 Å². The van der Waals surface area contributed by atoms with Crippen LogP contribution in [-0.4, -0.2) is 27.1 Å². The number of benzene rings is 2. The van der Waals surface area contributed by atoms with Crippen LogP contribution in [0.3, 0.4) is 0 Å². The van der Waals surface area contributed by atoms with Crippen molar-refractivity contribution < 1.29 is 24.5 Å². The summed E-state index contributed by atoms with van der Waals surface area (Å²) in [5.74, 6) is -3.25. The van der Waals surface area contributed by atoms with Crippen LogP contribution in [0, 0.1) is 6.92 Å². The summed E-state index contributed by atoms with van der Waals surface area (Å²) in [6, 6.07) is 13.9. The van der Waals surface area contributed by atoms with E-state index in [0.717, 1.165) is 11.1 Å². The van der Waals surface area contributed by atoms with Gasteiger partial charge in [-0.3, -0.25) is 4.79 Å². The zero-order valence-corrected chi connectivity index (χ0v) is 15.4. The number of hydrogen-bond acceptors (Lipinski definition) is 5. The first kappa shape index (κ1) is 19.7. The molecule has 0 aliphatic heterocycles. The van der Waals surface area contributed by atoms with Crippen LogP contribution in [-0.2, 0) is 6.61 Å². The summed E-state index contributed by atoms with van der Waals surface area (Å²) in [4.78, 5) is 37.8. The predicted octanol–water partition coefficient (Wildman–Crippen LogP) is 2.91. The number of nitrogen functional groups attached to an aromatic ring is 1. The van der Waals surface area contributed by atoms with Gasteiger partial charge in [-0.1, -0.05) is 48.0 Å². The van der Waals surface area contributed by atoms with Gasteiger partial charge < -0.3 is 25.7 Å². The Morgan fingerprint density at radius 3 is 2.24 bits per heavy atom. The highest BCUT2D eigenvalue weighted by molar-refractivity contribution is 6.08. The molecule has 3 rings (SSSR count). The Balaban J connectivity index is 2.16. The number of anilines is 1. The van der Waals surface area contributed by atoms with E-state index in [1.807, 2.05) is 31.2 Å². The Bertz CT molecular complexity index is 1150. The second kappa shape index (κ2) is 7.89. The number of carboxylic acid groups (broad SMARTS) is 2. The molecule has 2 aromatic carbocycles. The molecule has 0 saturated carbocycles. The van der Waals surface area contributed by atoms with Crippen molar-refractivity contribution in [2.75, 3.05) is 5.73 Å². The molecule has 0 aliphatic rings. The largest absolute Gasteiger partial charge is 0.488 e. The summed E-state index contributed by atoms with van der Waals surface area (Å²) >= 11 is 0. The molecular weight excluding hydrogens is 376 g/mol. The lowest BCUT2D eigenvalue weighted by Gasteiger charge is -2.16. The van der Waals surface area contributed by atoms with Gasteiger partial charge in [0.25, 0.3) is 5.56 Å². The molecule has 0 unspecified atom stereocenters. The van der Waals surface area contributed by atoms with Crippen molar-refractivity contribution in [1.82, 2.24) is 4.98 Å². The van der Waals surface area contributed by atoms with Crippen LogP contribution >= 0.6 is 0 Å². The van der Waals surface area contributed by atoms with E-state index in [1.165, 1.54) is 6.07 Å². The quantitative estimate of drug-likeness (QED) is 0.503. The van der Waals surface area contributed by atoms with Gasteiger partial charge in [-0.15, -0.1) is 0 Å². The number of H-pyrrole nitrogens is 1. The number of aryl methyl sites for hydroxylation is 1. The highest BCUT2D eigenvalue weighted by Crippen LogP contribution is 2.36. The van der Waals surface area contributed by atoms with E-state index in [2.05, 4.69) is 4.98 Å². The minimum atomic E-state index is -1.57. The number of nitrogens with two attached hydrogens (primary N) is 1. The maximum Gasteiger partial charge on any atom is 0.342 e. The third kappa shape index (κ3) is 3.96. The Morgan fingerprint density at radius 2 is 1.62 bits per heavy atom. The van der Waals surface area contributed by atoms with Crippen molar-refractivity contribution in [1.29, 1.82) is 0 Å². The predicted molar refractivity (Wildman–Crippen MR) is 106 cm³/mol. The Morgan fingerprint density at radius 1 is 1.00 bits per heavy atom. The SMILES string of the molecule is Cc1ccc(COc2ccccc2-c2c(C(=O)O)c(N)[nH]c(=O)c2C(=O)O)cc1. The molecule has 0 spiro atoms. The molecule has 0 bridgehead atoms. The number of ether oxygens (including phenoxy) is 1. The van der Waals surface area contributed by atoms with Crippen molar-refractivity contribution in [3.8, 4) is 16.9 Å². The molecular formula is C21H18N2O6. The number of rotatable bonds is 6. The number of pyridine rings is 1. The first-order valence-corrected chi connectivity index (χ1v) is 8.59. The minimum absolute atomic E-state index is 0.146. The summed E-state index contributed by atoms with van der Waals surface area (Å²) in [6.45, 7) is 2.12. The lowest BCUT2D eigenvalue weighted by atomic mass is 9.94. The van der Waals surface area contributed by atoms with Gasteiger partial charge in [-0.25, -0.2) is 9.59 Å². The van der Waals surface area contributed by atoms with Crippen LogP contribution in [0.2, 0.25) is 0 Å². The van der Waals surface area contributed by atoms with E-state index < -0.39 is 34.4 Å². The fraction of sp³-hybridized carbons (Fsp3) is 0.0952. The number of aromatic amines is 1. The van der Waals surface area contributed by atoms with Gasteiger partial charge in [0.05, 0.1) is 0 Å². The average molecular weight is 394 g/mol. The normalized spacial score (nSPS) is 10.5. The topological polar surface area (TPSA) is 143 Å². The van der Waals surface area contributed by atoms with E-state index in [9.17, 15) is 24.6 Å². The van der Waals surface area contributed by atoms with Crippen molar-refractivity contribution >= 4 is 17.8 Å². The molecule has 5 N–H and O–H groups in total. The maximum atomic E-state index is 12.2. The first-order chi connectivity index (χ1) is 13.8. The summed E-state index contributed by atoms with van der Waals surface area (Å²) in [5.41, 5.74) is 5.27. The zero-order chi connectivity index (χ0) is 21.1. The summed E-state index contributed by atoms with van der Waals surface area (Å²) in [6.07, 6.45) is 0. The second-order valence-corrected chi connectivity index (χ2v) is 6.37. The highest BCUT2D eigenvalue weighted by atomic mass is 16.5. The number of carbonyl (C=O) groups is 2. The molecule has 1 aromatic heterocycles. The number of para-hydroxylation sites is 1. The van der Waals surface area contributed by atoms with Gasteiger partial charge in [-0.2, -0.15) is 0 Å². The molecule has 0 saturated heterocycles. The number of carboxylic acids is 2. The van der Waals surface area contributed by atoms with E-state index in [-0.39, 0.29) is 23.5 Å². The molecule has 0 radical (unpaired) electrons. The van der Waals surface area contributed by atoms with Crippen molar-refractivity contribution in [3.63, 3.8) is 0 Å². The van der Waals surface area contributed by atoms with Gasteiger partial charge in [0, 0.05) is 11.1 Å². The summed E-state index contributed by atoms with van der Waals surface area (Å²) in [7, 11) is 0. The first-order valence-electron chi connectivity index (χ1n) is 8.59. The zero-order valence-electron chi connectivity index (χ0n) is 15.4. The van der Waals surface area contributed by atoms with Crippen LogP contribution in [0.5, 0.6) is 5.75 Å². The maximum absolute atomic E-state index is 12.2. The smallest absolute Gasteiger partial charge is 0.342 e. The molecule has 0 amide bonds. The van der Waals surface area contributed by atoms with Crippen LogP contribution in [0.25, 0.3) is 11.1 Å². The molecule has 0 atom stereocenters. The number of aromatic carboxylic acids is 2. The van der Waals surface area contributed by atoms with Crippen molar-refractivity contribution in [2.45, 2.75) is 13.5 Å². The molecule has 8 nitrogen and oxygen atoms in total. The fourth-order valence-electron chi connectivity index (χ4n) is 2.96. The molecule has 1 heterocycles. The van der Waals surface area contributed by atoms with E-state index in [4.69, 9.17) is 10.5 Å². The average Bonchev–Trinajstić information content (AvgIpc) is 2.66. The van der Waals surface area contributed by atoms with Crippen LogP contribution in [0.4, 0.5) is 5.82 Å². The standard InChI is InChI=1S/C21H18N2O6/c1-11-6-8-12(9-7-11)10-29-14-5-3-2-4-13(14)15-16(20(25)26)18(22)23-19(24)17(15)21(27)28/h2-9H,10H2,1H3,(H,25,26)(H,27,28)(H3,22,23,24). The van der Waals surface area contributed by atoms with E-state index in [0.29, 0.717) is 0 Å². The van der Waals surface area contributed by atoms with E-state index >= 15 is 0 Å². The Kier molecular flexibility index (Phi) is 5.36. The Labute approximate surface area is 165 Å². The number of hydrogen-bond donors (Lipinski definition) is 4. The van der Waals surface area contributed by atoms with Crippen LogP contribution in [0.15, 0.2) is 53.3 Å². The van der Waals surface area contributed by atoms with Gasteiger partial charge in [-0.05, 0) is 18.6 Å². The van der Waals surface area contributed by atoms with Gasteiger partial charge in [0.15, 0.2) is 0 Å². The fourth-order valence-corrected chi connectivity index (χ4v) is 2.96. The third-order valence-electron chi connectivity index (χ3n) is 4.34. The minimum Gasteiger partial charge on any atom is -0.488 e. The molecule has 29 heavy (non-hydrogen) atoms. The summed E-state index contributed by atoms with van der Waals surface area (Å²) < 4.78 is 5.83. The molecule has 0 fully saturated rings. The van der Waals surface area contributed by atoms with Crippen LogP contribution < -0.4 is 16.0 Å². The summed E-state index contributed by atoms with van der Waals surface area (Å²) in [5, 5.41) is 19.1. The monoisotopic (exact) mass is 394 g/mol. The lowest BCUT2D eigenvalue weighted by Crippen LogP contribution is -2.24. The number of nitrogens with one attached hydrogen (secondary N) is 1. The van der Waals surface area contributed by atoms with Crippen molar-refractivity contribution in [3.05, 3.63) is 81.1 Å². The number of aromatic nitrogens is 1. The lowest BCUT2D eigenvalue weighted by molar-refractivity contribution is 0.0695. The molecule has 148 valence electrons. The molecule has 3 aromatic rings. The van der Waals surface area contributed by atoms with E-state index in [1.54, 1.807) is 18.2 Å².